The van der Waals surface area contributed by atoms with Crippen LogP contribution >= 0.6 is 0 Å². The zero-order valence-corrected chi connectivity index (χ0v) is 15.6. The van der Waals surface area contributed by atoms with Crippen molar-refractivity contribution >= 4 is 5.96 Å². The van der Waals surface area contributed by atoms with Gasteiger partial charge in [-0.2, -0.15) is 0 Å². The first-order valence-electron chi connectivity index (χ1n) is 8.59. The molecule has 1 aliphatic heterocycles. The lowest BCUT2D eigenvalue weighted by Crippen LogP contribution is -2.47. The number of nitrogens with one attached hydrogen (secondary N) is 1. The Morgan fingerprint density at radius 2 is 2.00 bits per heavy atom. The van der Waals surface area contributed by atoms with Crippen LogP contribution in [0.3, 0.4) is 0 Å². The quantitative estimate of drug-likeness (QED) is 0.602. The van der Waals surface area contributed by atoms with Crippen LogP contribution < -0.4 is 5.32 Å². The molecule has 0 saturated carbocycles. The lowest BCUT2D eigenvalue weighted by molar-refractivity contribution is 0.0202. The molecule has 2 atom stereocenters. The summed E-state index contributed by atoms with van der Waals surface area (Å²) in [6, 6.07) is 0.648. The van der Waals surface area contributed by atoms with E-state index in [2.05, 4.69) is 54.7 Å². The molecule has 0 aromatic carbocycles. The number of hydrogen-bond acceptors (Lipinski definition) is 3. The number of aliphatic imine (C=N–C) groups is 1. The highest BCUT2D eigenvalue weighted by Gasteiger charge is 2.29. The van der Waals surface area contributed by atoms with Crippen molar-refractivity contribution in [2.24, 2.45) is 10.4 Å². The van der Waals surface area contributed by atoms with Gasteiger partial charge in [-0.25, -0.2) is 0 Å². The monoisotopic (exact) mass is 312 g/mol. The normalized spacial score (nSPS) is 21.5. The third-order valence-corrected chi connectivity index (χ3v) is 4.70. The SMILES string of the molecule is CCN(CC)C1CCN(C(=NC)NCC(OC)C(C)(C)C)C1. The second-order valence-electron chi connectivity index (χ2n) is 7.13. The van der Waals surface area contributed by atoms with Gasteiger partial charge >= 0.3 is 0 Å². The predicted molar refractivity (Wildman–Crippen MR) is 94.5 cm³/mol. The lowest BCUT2D eigenvalue weighted by Gasteiger charge is -2.31. The molecule has 1 saturated heterocycles. The molecule has 130 valence electrons. The summed E-state index contributed by atoms with van der Waals surface area (Å²) >= 11 is 0. The van der Waals surface area contributed by atoms with Crippen LogP contribution in [0.1, 0.15) is 41.0 Å². The van der Waals surface area contributed by atoms with Gasteiger partial charge in [-0.3, -0.25) is 9.89 Å². The van der Waals surface area contributed by atoms with Crippen LogP contribution in [0, 0.1) is 5.41 Å². The molecule has 0 radical (unpaired) electrons. The van der Waals surface area contributed by atoms with Crippen LogP contribution in [-0.2, 0) is 4.74 Å². The zero-order valence-electron chi connectivity index (χ0n) is 15.6. The van der Waals surface area contributed by atoms with Gasteiger partial charge in [-0.1, -0.05) is 34.6 Å². The number of methoxy groups -OCH3 is 1. The Hall–Kier alpha value is -0.810. The first kappa shape index (κ1) is 19.2. The zero-order chi connectivity index (χ0) is 16.8. The summed E-state index contributed by atoms with van der Waals surface area (Å²) in [7, 11) is 3.65. The van der Waals surface area contributed by atoms with Crippen LogP contribution in [0.2, 0.25) is 0 Å². The Kier molecular flexibility index (Phi) is 7.63. The Morgan fingerprint density at radius 3 is 2.45 bits per heavy atom. The van der Waals surface area contributed by atoms with Crippen LogP contribution in [0.5, 0.6) is 0 Å². The second kappa shape index (κ2) is 8.73. The molecule has 5 nitrogen and oxygen atoms in total. The first-order chi connectivity index (χ1) is 10.4. The summed E-state index contributed by atoms with van der Waals surface area (Å²) in [5.74, 6) is 1.00. The van der Waals surface area contributed by atoms with Gasteiger partial charge in [0.2, 0.25) is 0 Å². The number of nitrogens with zero attached hydrogens (tertiary/aromatic N) is 3. The topological polar surface area (TPSA) is 40.1 Å². The van der Waals surface area contributed by atoms with Gasteiger partial charge in [0.1, 0.15) is 0 Å². The molecular weight excluding hydrogens is 276 g/mol. The predicted octanol–water partition coefficient (Wildman–Crippen LogP) is 2.04. The number of rotatable bonds is 6. The molecule has 1 N–H and O–H groups in total. The minimum absolute atomic E-state index is 0.120. The highest BCUT2D eigenvalue weighted by atomic mass is 16.5. The summed E-state index contributed by atoms with van der Waals surface area (Å²) in [4.78, 5) is 9.38. The van der Waals surface area contributed by atoms with E-state index in [1.807, 2.05) is 7.05 Å². The highest BCUT2D eigenvalue weighted by Crippen LogP contribution is 2.21. The average Bonchev–Trinajstić information content (AvgIpc) is 2.93. The van der Waals surface area contributed by atoms with Crippen molar-refractivity contribution in [1.82, 2.24) is 15.1 Å². The van der Waals surface area contributed by atoms with Gasteiger partial charge in [0.25, 0.3) is 0 Å². The van der Waals surface area contributed by atoms with Gasteiger partial charge in [-0.05, 0) is 24.9 Å². The molecule has 1 rings (SSSR count). The lowest BCUT2D eigenvalue weighted by atomic mass is 9.89. The molecule has 1 heterocycles. The molecule has 1 aliphatic rings. The average molecular weight is 313 g/mol. The molecule has 2 unspecified atom stereocenters. The summed E-state index contributed by atoms with van der Waals surface area (Å²) in [6.45, 7) is 16.3. The van der Waals surface area contributed by atoms with Crippen molar-refractivity contribution in [3.05, 3.63) is 0 Å². The summed E-state index contributed by atoms with van der Waals surface area (Å²) in [5, 5.41) is 3.50. The van der Waals surface area contributed by atoms with E-state index in [0.717, 1.165) is 38.7 Å². The summed E-state index contributed by atoms with van der Waals surface area (Å²) in [5.41, 5.74) is 0.120. The fourth-order valence-corrected chi connectivity index (χ4v) is 3.23. The number of hydrogen-bond donors (Lipinski definition) is 1. The molecule has 0 aromatic heterocycles. The van der Waals surface area contributed by atoms with E-state index in [9.17, 15) is 0 Å². The van der Waals surface area contributed by atoms with Gasteiger partial charge < -0.3 is 15.0 Å². The molecule has 22 heavy (non-hydrogen) atoms. The van der Waals surface area contributed by atoms with Crippen LogP contribution in [0.4, 0.5) is 0 Å². The molecule has 0 aliphatic carbocycles. The number of likely N-dealkylation sites (tertiary alicyclic amines) is 1. The fraction of sp³-hybridized carbons (Fsp3) is 0.941. The Balaban J connectivity index is 2.56. The Morgan fingerprint density at radius 1 is 1.36 bits per heavy atom. The van der Waals surface area contributed by atoms with Crippen LogP contribution in [-0.4, -0.2) is 74.8 Å². The molecular formula is C17H36N4O. The molecule has 0 amide bonds. The second-order valence-corrected chi connectivity index (χ2v) is 7.13. The standard InChI is InChI=1S/C17H36N4O/c1-8-20(9-2)14-10-11-21(13-14)16(18-6)19-12-15(22-7)17(3,4)5/h14-15H,8-13H2,1-7H3,(H,18,19). The minimum atomic E-state index is 0.120. The molecule has 0 bridgehead atoms. The van der Waals surface area contributed by atoms with E-state index in [0.29, 0.717) is 6.04 Å². The first-order valence-corrected chi connectivity index (χ1v) is 8.59. The maximum Gasteiger partial charge on any atom is 0.193 e. The Labute approximate surface area is 137 Å². The van der Waals surface area contributed by atoms with E-state index in [-0.39, 0.29) is 11.5 Å². The Bertz CT molecular complexity index is 347. The van der Waals surface area contributed by atoms with Gasteiger partial charge in [0, 0.05) is 39.8 Å². The number of guanidine groups is 1. The van der Waals surface area contributed by atoms with E-state index < -0.39 is 0 Å². The largest absolute Gasteiger partial charge is 0.379 e. The van der Waals surface area contributed by atoms with Crippen molar-refractivity contribution in [3.63, 3.8) is 0 Å². The van der Waals surface area contributed by atoms with E-state index in [1.54, 1.807) is 7.11 Å². The molecule has 5 heteroatoms. The molecule has 0 aromatic rings. The minimum Gasteiger partial charge on any atom is -0.379 e. The van der Waals surface area contributed by atoms with Gasteiger partial charge in [0.15, 0.2) is 5.96 Å². The summed E-state index contributed by atoms with van der Waals surface area (Å²) in [6.07, 6.45) is 1.39. The van der Waals surface area contributed by atoms with Crippen molar-refractivity contribution in [1.29, 1.82) is 0 Å². The van der Waals surface area contributed by atoms with Crippen molar-refractivity contribution in [2.75, 3.05) is 46.9 Å². The molecule has 1 fully saturated rings. The van der Waals surface area contributed by atoms with Crippen LogP contribution in [0.25, 0.3) is 0 Å². The van der Waals surface area contributed by atoms with Crippen molar-refractivity contribution < 1.29 is 4.74 Å². The van der Waals surface area contributed by atoms with E-state index in [1.165, 1.54) is 6.42 Å². The van der Waals surface area contributed by atoms with Crippen molar-refractivity contribution in [2.45, 2.75) is 53.2 Å². The summed E-state index contributed by atoms with van der Waals surface area (Å²) < 4.78 is 5.62. The maximum absolute atomic E-state index is 5.62. The van der Waals surface area contributed by atoms with Gasteiger partial charge in [-0.15, -0.1) is 0 Å². The third kappa shape index (κ3) is 5.13. The number of ether oxygens (including phenoxy) is 1. The van der Waals surface area contributed by atoms with Crippen molar-refractivity contribution in [3.8, 4) is 0 Å². The molecule has 0 spiro atoms. The maximum atomic E-state index is 5.62. The number of likely N-dealkylation sites (N-methyl/N-ethyl adjacent to an activating group) is 1. The smallest absolute Gasteiger partial charge is 0.193 e. The van der Waals surface area contributed by atoms with Gasteiger partial charge in [0.05, 0.1) is 6.10 Å². The van der Waals surface area contributed by atoms with E-state index >= 15 is 0 Å². The highest BCUT2D eigenvalue weighted by molar-refractivity contribution is 5.80. The van der Waals surface area contributed by atoms with Crippen LogP contribution in [0.15, 0.2) is 4.99 Å². The fourth-order valence-electron chi connectivity index (χ4n) is 3.23. The van der Waals surface area contributed by atoms with E-state index in [4.69, 9.17) is 4.74 Å². The third-order valence-electron chi connectivity index (χ3n) is 4.70.